The molecule has 1 saturated heterocycles. The number of thiophene rings is 1. The molecule has 3 N–H and O–H groups in total. The number of H-pyrrole nitrogens is 1. The maximum Gasteiger partial charge on any atom is 0.247 e. The highest BCUT2D eigenvalue weighted by Crippen LogP contribution is 2.47. The molecule has 6 nitrogen and oxygen atoms in total. The lowest BCUT2D eigenvalue weighted by Gasteiger charge is -2.31. The second-order valence-corrected chi connectivity index (χ2v) is 8.00. The Morgan fingerprint density at radius 2 is 2.23 bits per heavy atom. The molecule has 116 valence electrons. The van der Waals surface area contributed by atoms with Crippen LogP contribution in [-0.2, 0) is 12.8 Å². The van der Waals surface area contributed by atoms with Crippen LogP contribution in [0.4, 0.5) is 5.95 Å². The van der Waals surface area contributed by atoms with E-state index in [1.807, 2.05) is 11.3 Å². The highest BCUT2D eigenvalue weighted by atomic mass is 32.1. The van der Waals surface area contributed by atoms with E-state index < -0.39 is 0 Å². The summed E-state index contributed by atoms with van der Waals surface area (Å²) < 4.78 is 2.75. The molecule has 2 unspecified atom stereocenters. The number of rotatable bonds is 0. The molecule has 0 aromatic carbocycles. The molecule has 1 fully saturated rings. The van der Waals surface area contributed by atoms with Crippen molar-refractivity contribution in [3.05, 3.63) is 20.8 Å². The summed E-state index contributed by atoms with van der Waals surface area (Å²) in [6.45, 7) is 4.48. The highest BCUT2D eigenvalue weighted by molar-refractivity contribution is 7.71. The minimum absolute atomic E-state index is 0.146. The average molecular weight is 334 g/mol. The van der Waals surface area contributed by atoms with Crippen LogP contribution in [0.25, 0.3) is 5.00 Å². The number of aryl methyl sites for hydroxylation is 1. The Morgan fingerprint density at radius 1 is 1.36 bits per heavy atom. The van der Waals surface area contributed by atoms with Crippen molar-refractivity contribution in [2.45, 2.75) is 45.4 Å². The summed E-state index contributed by atoms with van der Waals surface area (Å²) in [5.74, 6) is 1.61. The van der Waals surface area contributed by atoms with Crippen LogP contribution in [0.15, 0.2) is 0 Å². The van der Waals surface area contributed by atoms with Gasteiger partial charge >= 0.3 is 0 Å². The van der Waals surface area contributed by atoms with Crippen molar-refractivity contribution in [3.8, 4) is 5.00 Å². The van der Waals surface area contributed by atoms with Crippen molar-refractivity contribution >= 4 is 29.5 Å². The van der Waals surface area contributed by atoms with Gasteiger partial charge in [0.25, 0.3) is 0 Å². The third-order valence-corrected chi connectivity index (χ3v) is 6.44. The molecule has 3 aliphatic rings. The second kappa shape index (κ2) is 4.41. The Hall–Kier alpha value is -1.22. The summed E-state index contributed by atoms with van der Waals surface area (Å²) in [5, 5.41) is 14.4. The van der Waals surface area contributed by atoms with Crippen molar-refractivity contribution in [1.29, 1.82) is 0 Å². The van der Waals surface area contributed by atoms with Gasteiger partial charge in [0.05, 0.1) is 6.17 Å². The van der Waals surface area contributed by atoms with Gasteiger partial charge in [-0.1, -0.05) is 6.92 Å². The second-order valence-electron chi connectivity index (χ2n) is 6.52. The van der Waals surface area contributed by atoms with Crippen LogP contribution in [0.2, 0.25) is 0 Å². The molecule has 0 saturated carbocycles. The lowest BCUT2D eigenvalue weighted by atomic mass is 9.87. The summed E-state index contributed by atoms with van der Waals surface area (Å²) in [5.41, 5.74) is 6.38. The lowest BCUT2D eigenvalue weighted by molar-refractivity contribution is 0.494. The largest absolute Gasteiger partial charge is 0.276 e. The Bertz CT molecular complexity index is 818. The first-order chi connectivity index (χ1) is 10.6. The number of aromatic amines is 1. The highest BCUT2D eigenvalue weighted by Gasteiger charge is 2.43. The molecule has 2 aliphatic heterocycles. The third-order valence-electron chi connectivity index (χ3n) is 4.87. The summed E-state index contributed by atoms with van der Waals surface area (Å²) in [6.07, 6.45) is 4.00. The predicted molar refractivity (Wildman–Crippen MR) is 88.8 cm³/mol. The fraction of sp³-hybridized carbons (Fsp3) is 0.571. The minimum atomic E-state index is 0.146. The lowest BCUT2D eigenvalue weighted by Crippen LogP contribution is -2.40. The summed E-state index contributed by atoms with van der Waals surface area (Å²) in [4.78, 5) is 1.53. The van der Waals surface area contributed by atoms with E-state index in [1.165, 1.54) is 40.3 Å². The van der Waals surface area contributed by atoms with E-state index in [0.29, 0.717) is 4.77 Å². The van der Waals surface area contributed by atoms with Crippen molar-refractivity contribution in [1.82, 2.24) is 25.5 Å². The van der Waals surface area contributed by atoms with Crippen molar-refractivity contribution < 1.29 is 0 Å². The quantitative estimate of drug-likeness (QED) is 0.646. The first-order valence-electron chi connectivity index (χ1n) is 7.77. The molecule has 1 aliphatic carbocycles. The molecule has 0 bridgehead atoms. The molecule has 3 atom stereocenters. The number of fused-ring (bicyclic) bond motifs is 8. The Labute approximate surface area is 137 Å². The van der Waals surface area contributed by atoms with E-state index >= 15 is 0 Å². The molecule has 0 radical (unpaired) electrons. The van der Waals surface area contributed by atoms with E-state index in [4.69, 9.17) is 12.2 Å². The fourth-order valence-electron chi connectivity index (χ4n) is 3.87. The van der Waals surface area contributed by atoms with Gasteiger partial charge in [-0.2, -0.15) is 0 Å². The number of hydrazine groups is 1. The molecule has 2 aromatic rings. The van der Waals surface area contributed by atoms with Crippen LogP contribution in [0.3, 0.4) is 0 Å². The monoisotopic (exact) mass is 334 g/mol. The van der Waals surface area contributed by atoms with Crippen LogP contribution in [0.5, 0.6) is 0 Å². The number of nitrogens with zero attached hydrogens (tertiary/aromatic N) is 3. The minimum Gasteiger partial charge on any atom is -0.276 e. The molecule has 2 aromatic heterocycles. The number of hydrogen-bond donors (Lipinski definition) is 3. The van der Waals surface area contributed by atoms with Gasteiger partial charge in [-0.3, -0.25) is 10.3 Å². The van der Waals surface area contributed by atoms with Crippen LogP contribution in [0, 0.1) is 10.7 Å². The number of anilines is 1. The topological polar surface area (TPSA) is 60.9 Å². The molecular weight excluding hydrogens is 316 g/mol. The Balaban J connectivity index is 1.80. The molecule has 22 heavy (non-hydrogen) atoms. The van der Waals surface area contributed by atoms with Crippen molar-refractivity contribution in [2.75, 3.05) is 5.01 Å². The zero-order valence-corrected chi connectivity index (χ0v) is 14.1. The van der Waals surface area contributed by atoms with Crippen LogP contribution >= 0.6 is 23.6 Å². The van der Waals surface area contributed by atoms with Crippen LogP contribution in [0.1, 0.15) is 42.4 Å². The smallest absolute Gasteiger partial charge is 0.247 e. The maximum absolute atomic E-state index is 5.48. The van der Waals surface area contributed by atoms with Crippen LogP contribution < -0.4 is 15.8 Å². The summed E-state index contributed by atoms with van der Waals surface area (Å²) >= 11 is 7.37. The van der Waals surface area contributed by atoms with Gasteiger partial charge in [0.1, 0.15) is 11.2 Å². The fourth-order valence-corrected chi connectivity index (χ4v) is 5.52. The summed E-state index contributed by atoms with van der Waals surface area (Å²) in [6, 6.07) is 0. The first-order valence-corrected chi connectivity index (χ1v) is 8.99. The predicted octanol–water partition coefficient (Wildman–Crippen LogP) is 2.39. The molecule has 4 heterocycles. The third kappa shape index (κ3) is 1.61. The van der Waals surface area contributed by atoms with E-state index in [0.717, 1.165) is 11.9 Å². The standard InChI is InChI=1S/C14H18N6S2/c1-6-3-4-9-8(5-6)10-11-15-7(2)18-20(11)13-16-17-14(21)19(13)12(10)22-9/h6-7,11,15,18H,3-5H2,1-2H3,(H,17,21)/t6-,7?,11?/m0/s1. The Morgan fingerprint density at radius 3 is 3.09 bits per heavy atom. The van der Waals surface area contributed by atoms with Gasteiger partial charge in [-0.25, -0.2) is 15.1 Å². The van der Waals surface area contributed by atoms with Gasteiger partial charge in [-0.05, 0) is 49.9 Å². The molecular formula is C14H18N6S2. The summed E-state index contributed by atoms with van der Waals surface area (Å²) in [7, 11) is 0. The first kappa shape index (κ1) is 13.2. The van der Waals surface area contributed by atoms with E-state index in [2.05, 4.69) is 44.4 Å². The van der Waals surface area contributed by atoms with E-state index in [1.54, 1.807) is 0 Å². The van der Waals surface area contributed by atoms with Crippen molar-refractivity contribution in [2.24, 2.45) is 5.92 Å². The Kier molecular flexibility index (Phi) is 2.65. The zero-order valence-electron chi connectivity index (χ0n) is 12.5. The molecule has 0 spiro atoms. The van der Waals surface area contributed by atoms with Crippen molar-refractivity contribution in [3.63, 3.8) is 0 Å². The van der Waals surface area contributed by atoms with Crippen LogP contribution in [-0.4, -0.2) is 20.9 Å². The average Bonchev–Trinajstić information content (AvgIpc) is 3.13. The number of hydrogen-bond acceptors (Lipinski definition) is 6. The number of aromatic nitrogens is 3. The normalized spacial score (nSPS) is 29.0. The van der Waals surface area contributed by atoms with Gasteiger partial charge < -0.3 is 0 Å². The molecule has 0 amide bonds. The molecule has 5 rings (SSSR count). The number of nitrogens with one attached hydrogen (secondary N) is 3. The maximum atomic E-state index is 5.48. The van der Waals surface area contributed by atoms with Gasteiger partial charge in [-0.15, -0.1) is 16.4 Å². The van der Waals surface area contributed by atoms with Gasteiger partial charge in [0, 0.05) is 10.4 Å². The van der Waals surface area contributed by atoms with E-state index in [9.17, 15) is 0 Å². The van der Waals surface area contributed by atoms with Gasteiger partial charge in [0.2, 0.25) is 10.7 Å². The van der Waals surface area contributed by atoms with Gasteiger partial charge in [0.15, 0.2) is 0 Å². The zero-order chi connectivity index (χ0) is 15.0. The molecule has 8 heteroatoms. The van der Waals surface area contributed by atoms with E-state index in [-0.39, 0.29) is 12.3 Å². The SMILES string of the molecule is CC1NC2c3c(sc4c3C[C@@H](C)CC4)-n3c(n[nH]c3=S)N2N1.